The number of hydrogen-bond donors (Lipinski definition) is 1. The van der Waals surface area contributed by atoms with Crippen molar-refractivity contribution >= 4 is 13.4 Å². The Labute approximate surface area is 74.0 Å². The highest BCUT2D eigenvalue weighted by Gasteiger charge is 2.16. The molecule has 2 rings (SSSR count). The van der Waals surface area contributed by atoms with Crippen molar-refractivity contribution in [2.24, 2.45) is 0 Å². The number of fused-ring (bicyclic) bond motifs is 1. The first-order valence-electron chi connectivity index (χ1n) is 3.88. The van der Waals surface area contributed by atoms with Gasteiger partial charge in [-0.15, -0.1) is 6.42 Å². The van der Waals surface area contributed by atoms with Crippen molar-refractivity contribution in [1.82, 2.24) is 5.09 Å². The highest BCUT2D eigenvalue weighted by molar-refractivity contribution is 7.63. The topological polar surface area (TPSA) is 12.0 Å². The van der Waals surface area contributed by atoms with Crippen LogP contribution in [0.2, 0.25) is 0 Å². The molecule has 1 aromatic carbocycles. The summed E-state index contributed by atoms with van der Waals surface area (Å²) in [6.07, 6.45) is 5.33. The van der Waals surface area contributed by atoms with Crippen LogP contribution in [0, 0.1) is 12.3 Å². The van der Waals surface area contributed by atoms with E-state index in [0.717, 1.165) is 12.1 Å². The van der Waals surface area contributed by atoms with Crippen molar-refractivity contribution in [2.45, 2.75) is 6.54 Å². The van der Waals surface area contributed by atoms with Gasteiger partial charge in [-0.25, -0.2) is 0 Å². The average Bonchev–Trinajstić information content (AvgIpc) is 2.47. The third kappa shape index (κ3) is 1.14. The summed E-state index contributed by atoms with van der Waals surface area (Å²) >= 11 is 0. The Morgan fingerprint density at radius 1 is 1.58 bits per heavy atom. The van der Waals surface area contributed by atoms with Gasteiger partial charge in [0.05, 0.1) is 0 Å². The second-order valence-electron chi connectivity index (χ2n) is 2.88. The van der Waals surface area contributed by atoms with Crippen molar-refractivity contribution in [1.29, 1.82) is 0 Å². The SMILES string of the molecule is C#Cc1ccc2c(c1)P(C)NC2. The summed E-state index contributed by atoms with van der Waals surface area (Å²) in [6.45, 7) is 3.23. The minimum absolute atomic E-state index is 0.148. The molecule has 1 nitrogen and oxygen atoms in total. The molecule has 0 saturated carbocycles. The largest absolute Gasteiger partial charge is 0.288 e. The van der Waals surface area contributed by atoms with Crippen molar-refractivity contribution in [3.05, 3.63) is 29.3 Å². The Bertz CT molecular complexity index is 351. The summed E-state index contributed by atoms with van der Waals surface area (Å²) in [5, 5.41) is 4.85. The van der Waals surface area contributed by atoms with E-state index in [4.69, 9.17) is 6.42 Å². The number of rotatable bonds is 0. The van der Waals surface area contributed by atoms with Crippen LogP contribution in [0.25, 0.3) is 0 Å². The number of hydrogen-bond acceptors (Lipinski definition) is 1. The first-order chi connectivity index (χ1) is 5.81. The summed E-state index contributed by atoms with van der Waals surface area (Å²) in [4.78, 5) is 0. The van der Waals surface area contributed by atoms with E-state index in [1.807, 2.05) is 6.07 Å². The van der Waals surface area contributed by atoms with Crippen molar-refractivity contribution in [3.63, 3.8) is 0 Å². The molecule has 0 spiro atoms. The molecule has 1 aliphatic rings. The van der Waals surface area contributed by atoms with Crippen molar-refractivity contribution in [2.75, 3.05) is 6.66 Å². The molecule has 12 heavy (non-hydrogen) atoms. The maximum Gasteiger partial charge on any atom is 0.0251 e. The zero-order valence-corrected chi connectivity index (χ0v) is 7.86. The molecule has 0 aliphatic carbocycles. The Hall–Kier alpha value is -0.830. The van der Waals surface area contributed by atoms with E-state index in [-0.39, 0.29) is 8.07 Å². The standard InChI is InChI=1S/C10H10NP/c1-3-8-4-5-9-7-11-12(2)10(9)6-8/h1,4-6,11H,7H2,2H3. The lowest BCUT2D eigenvalue weighted by Crippen LogP contribution is -2.01. The van der Waals surface area contributed by atoms with Crippen LogP contribution in [0.5, 0.6) is 0 Å². The fourth-order valence-corrected chi connectivity index (χ4v) is 2.90. The monoisotopic (exact) mass is 175 g/mol. The highest BCUT2D eigenvalue weighted by Crippen LogP contribution is 2.32. The average molecular weight is 175 g/mol. The quantitative estimate of drug-likeness (QED) is 0.464. The maximum atomic E-state index is 5.33. The molecule has 0 aromatic heterocycles. The molecule has 1 aromatic rings. The molecule has 0 saturated heterocycles. The lowest BCUT2D eigenvalue weighted by molar-refractivity contribution is 0.999. The Balaban J connectivity index is 2.52. The molecule has 1 atom stereocenters. The molecule has 1 N–H and O–H groups in total. The van der Waals surface area contributed by atoms with Gasteiger partial charge in [-0.2, -0.15) is 0 Å². The Morgan fingerprint density at radius 3 is 3.17 bits per heavy atom. The van der Waals surface area contributed by atoms with E-state index in [0.29, 0.717) is 0 Å². The fourth-order valence-electron chi connectivity index (χ4n) is 1.40. The third-order valence-corrected chi connectivity index (χ3v) is 3.89. The Kier molecular flexibility index (Phi) is 1.89. The van der Waals surface area contributed by atoms with E-state index < -0.39 is 0 Å². The molecule has 1 unspecified atom stereocenters. The first kappa shape index (κ1) is 7.80. The van der Waals surface area contributed by atoms with Gasteiger partial charge in [-0.1, -0.05) is 12.0 Å². The maximum absolute atomic E-state index is 5.33. The smallest absolute Gasteiger partial charge is 0.0251 e. The van der Waals surface area contributed by atoms with Gasteiger partial charge < -0.3 is 0 Å². The summed E-state index contributed by atoms with van der Waals surface area (Å²) in [5.41, 5.74) is 2.40. The first-order valence-corrected chi connectivity index (χ1v) is 5.67. The van der Waals surface area contributed by atoms with Gasteiger partial charge in [0.15, 0.2) is 0 Å². The van der Waals surface area contributed by atoms with Crippen LogP contribution >= 0.6 is 8.07 Å². The van der Waals surface area contributed by atoms with Crippen LogP contribution in [-0.2, 0) is 6.54 Å². The Morgan fingerprint density at radius 2 is 2.42 bits per heavy atom. The van der Waals surface area contributed by atoms with E-state index in [1.54, 1.807) is 0 Å². The number of terminal acetylenes is 1. The van der Waals surface area contributed by atoms with Gasteiger partial charge in [-0.3, -0.25) is 5.09 Å². The zero-order chi connectivity index (χ0) is 8.55. The van der Waals surface area contributed by atoms with Gasteiger partial charge in [0.2, 0.25) is 0 Å². The van der Waals surface area contributed by atoms with Gasteiger partial charge >= 0.3 is 0 Å². The lowest BCUT2D eigenvalue weighted by Gasteiger charge is -2.03. The second kappa shape index (κ2) is 2.90. The number of benzene rings is 1. The summed E-state index contributed by atoms with van der Waals surface area (Å²) < 4.78 is 0. The van der Waals surface area contributed by atoms with E-state index >= 15 is 0 Å². The molecular weight excluding hydrogens is 165 g/mol. The lowest BCUT2D eigenvalue weighted by atomic mass is 10.1. The summed E-state index contributed by atoms with van der Waals surface area (Å²) in [7, 11) is -0.148. The summed E-state index contributed by atoms with van der Waals surface area (Å²) in [6, 6.07) is 6.26. The zero-order valence-electron chi connectivity index (χ0n) is 6.96. The second-order valence-corrected chi connectivity index (χ2v) is 4.80. The van der Waals surface area contributed by atoms with Gasteiger partial charge in [0, 0.05) is 12.1 Å². The molecule has 1 heterocycles. The molecule has 0 radical (unpaired) electrons. The van der Waals surface area contributed by atoms with Crippen LogP contribution < -0.4 is 10.4 Å². The summed E-state index contributed by atoms with van der Waals surface area (Å²) in [5.74, 6) is 2.66. The minimum atomic E-state index is -0.148. The molecule has 0 amide bonds. The van der Waals surface area contributed by atoms with Gasteiger partial charge in [0.1, 0.15) is 0 Å². The van der Waals surface area contributed by atoms with Crippen LogP contribution in [0.15, 0.2) is 18.2 Å². The number of nitrogens with one attached hydrogen (secondary N) is 1. The minimum Gasteiger partial charge on any atom is -0.288 e. The third-order valence-electron chi connectivity index (χ3n) is 2.12. The molecule has 0 fully saturated rings. The van der Waals surface area contributed by atoms with Gasteiger partial charge in [-0.05, 0) is 37.7 Å². The normalized spacial score (nSPS) is 20.2. The van der Waals surface area contributed by atoms with Crippen LogP contribution in [0.3, 0.4) is 0 Å². The predicted molar refractivity (Wildman–Crippen MR) is 53.7 cm³/mol. The highest BCUT2D eigenvalue weighted by atomic mass is 31.1. The molecule has 1 aliphatic heterocycles. The van der Waals surface area contributed by atoms with E-state index in [1.165, 1.54) is 10.9 Å². The van der Waals surface area contributed by atoms with Crippen LogP contribution in [-0.4, -0.2) is 6.66 Å². The van der Waals surface area contributed by atoms with E-state index in [9.17, 15) is 0 Å². The van der Waals surface area contributed by atoms with Crippen LogP contribution in [0.4, 0.5) is 0 Å². The van der Waals surface area contributed by atoms with Crippen molar-refractivity contribution < 1.29 is 0 Å². The molecular formula is C10H10NP. The molecule has 60 valence electrons. The van der Waals surface area contributed by atoms with E-state index in [2.05, 4.69) is 29.8 Å². The predicted octanol–water partition coefficient (Wildman–Crippen LogP) is 1.42. The molecule has 0 bridgehead atoms. The fraction of sp³-hybridized carbons (Fsp3) is 0.200. The molecule has 2 heteroatoms. The van der Waals surface area contributed by atoms with Crippen LogP contribution in [0.1, 0.15) is 11.1 Å². The van der Waals surface area contributed by atoms with Gasteiger partial charge in [0.25, 0.3) is 0 Å². The van der Waals surface area contributed by atoms with Crippen molar-refractivity contribution in [3.8, 4) is 12.3 Å².